The second-order valence-electron chi connectivity index (χ2n) is 3.90. The summed E-state index contributed by atoms with van der Waals surface area (Å²) in [7, 11) is 0. The van der Waals surface area contributed by atoms with Crippen LogP contribution in [0.4, 0.5) is 14.5 Å². The average molecular weight is 237 g/mol. The highest BCUT2D eigenvalue weighted by Gasteiger charge is 2.08. The lowest BCUT2D eigenvalue weighted by Gasteiger charge is -2.07. The molecule has 5 heteroatoms. The molecule has 0 saturated heterocycles. The maximum Gasteiger partial charge on any atom is 0.128 e. The van der Waals surface area contributed by atoms with E-state index in [4.69, 9.17) is 0 Å². The van der Waals surface area contributed by atoms with E-state index in [-0.39, 0.29) is 6.54 Å². The smallest absolute Gasteiger partial charge is 0.128 e. The monoisotopic (exact) mass is 237 g/mol. The Morgan fingerprint density at radius 2 is 2.06 bits per heavy atom. The second-order valence-corrected chi connectivity index (χ2v) is 3.90. The van der Waals surface area contributed by atoms with E-state index in [0.29, 0.717) is 5.56 Å². The maximum absolute atomic E-state index is 13.4. The molecule has 0 aliphatic heterocycles. The zero-order chi connectivity index (χ0) is 12.4. The van der Waals surface area contributed by atoms with Crippen molar-refractivity contribution in [3.05, 3.63) is 46.8 Å². The third-order valence-corrected chi connectivity index (χ3v) is 2.59. The fraction of sp³-hybridized carbons (Fsp3) is 0.250. The van der Waals surface area contributed by atoms with Crippen molar-refractivity contribution in [1.82, 2.24) is 10.2 Å². The van der Waals surface area contributed by atoms with Gasteiger partial charge in [-0.1, -0.05) is 0 Å². The Bertz CT molecular complexity index is 515. The number of rotatable bonds is 3. The molecule has 2 N–H and O–H groups in total. The molecule has 2 rings (SSSR count). The van der Waals surface area contributed by atoms with Crippen molar-refractivity contribution in [2.75, 3.05) is 5.32 Å². The zero-order valence-electron chi connectivity index (χ0n) is 9.64. The fourth-order valence-electron chi connectivity index (χ4n) is 1.67. The minimum Gasteiger partial charge on any atom is -0.378 e. The molecule has 90 valence electrons. The van der Waals surface area contributed by atoms with E-state index in [1.165, 1.54) is 6.07 Å². The van der Waals surface area contributed by atoms with Gasteiger partial charge in [-0.2, -0.15) is 5.10 Å². The van der Waals surface area contributed by atoms with Crippen LogP contribution in [0.2, 0.25) is 0 Å². The van der Waals surface area contributed by atoms with Gasteiger partial charge < -0.3 is 5.32 Å². The number of hydrogen-bond donors (Lipinski definition) is 2. The molecule has 3 nitrogen and oxygen atoms in total. The molecule has 0 aliphatic rings. The van der Waals surface area contributed by atoms with E-state index >= 15 is 0 Å². The van der Waals surface area contributed by atoms with Crippen molar-refractivity contribution in [2.24, 2.45) is 0 Å². The summed E-state index contributed by atoms with van der Waals surface area (Å²) in [4.78, 5) is 0. The second kappa shape index (κ2) is 4.53. The number of aryl methyl sites for hydroxylation is 2. The molecular weight excluding hydrogens is 224 g/mol. The number of aromatic nitrogens is 2. The van der Waals surface area contributed by atoms with Crippen molar-refractivity contribution in [1.29, 1.82) is 0 Å². The molecule has 0 atom stereocenters. The molecule has 0 spiro atoms. The van der Waals surface area contributed by atoms with Crippen LogP contribution in [0.15, 0.2) is 18.2 Å². The van der Waals surface area contributed by atoms with Crippen LogP contribution in [0, 0.1) is 25.5 Å². The number of anilines is 1. The molecule has 0 aliphatic carbocycles. The molecule has 0 bridgehead atoms. The lowest BCUT2D eigenvalue weighted by atomic mass is 10.2. The summed E-state index contributed by atoms with van der Waals surface area (Å²) in [5.41, 5.74) is 2.80. The number of halogens is 2. The normalized spacial score (nSPS) is 10.6. The predicted molar refractivity (Wildman–Crippen MR) is 61.7 cm³/mol. The molecule has 0 fully saturated rings. The van der Waals surface area contributed by atoms with Gasteiger partial charge in [0.25, 0.3) is 0 Å². The van der Waals surface area contributed by atoms with Gasteiger partial charge in [0.1, 0.15) is 11.6 Å². The first-order valence-corrected chi connectivity index (χ1v) is 5.27. The third kappa shape index (κ3) is 2.43. The Morgan fingerprint density at radius 3 is 2.71 bits per heavy atom. The first-order chi connectivity index (χ1) is 8.08. The summed E-state index contributed by atoms with van der Waals surface area (Å²) in [5.74, 6) is -0.860. The van der Waals surface area contributed by atoms with Crippen LogP contribution in [0.25, 0.3) is 0 Å². The number of nitrogens with zero attached hydrogens (tertiary/aromatic N) is 1. The summed E-state index contributed by atoms with van der Waals surface area (Å²) in [6.45, 7) is 3.93. The Morgan fingerprint density at radius 1 is 1.29 bits per heavy atom. The minimum atomic E-state index is -0.441. The highest BCUT2D eigenvalue weighted by atomic mass is 19.1. The van der Waals surface area contributed by atoms with Crippen LogP contribution >= 0.6 is 0 Å². The van der Waals surface area contributed by atoms with Crippen molar-refractivity contribution in [3.8, 4) is 0 Å². The van der Waals surface area contributed by atoms with Gasteiger partial charge in [-0.3, -0.25) is 5.10 Å². The topological polar surface area (TPSA) is 40.7 Å². The van der Waals surface area contributed by atoms with Crippen LogP contribution in [0.1, 0.15) is 17.0 Å². The highest BCUT2D eigenvalue weighted by molar-refractivity contribution is 5.51. The van der Waals surface area contributed by atoms with Gasteiger partial charge in [-0.15, -0.1) is 0 Å². The van der Waals surface area contributed by atoms with Crippen molar-refractivity contribution in [3.63, 3.8) is 0 Å². The number of nitrogens with one attached hydrogen (secondary N) is 2. The predicted octanol–water partition coefficient (Wildman–Crippen LogP) is 2.92. The SMILES string of the molecule is Cc1n[nH]c(C)c1NCc1cc(F)ccc1F. The number of benzene rings is 1. The van der Waals surface area contributed by atoms with Crippen LogP contribution in [0.5, 0.6) is 0 Å². The van der Waals surface area contributed by atoms with Gasteiger partial charge >= 0.3 is 0 Å². The Balaban J connectivity index is 2.15. The zero-order valence-corrected chi connectivity index (χ0v) is 9.64. The minimum absolute atomic E-state index is 0.227. The summed E-state index contributed by atoms with van der Waals surface area (Å²) in [5, 5.41) is 9.88. The third-order valence-electron chi connectivity index (χ3n) is 2.59. The molecule has 0 amide bonds. The summed E-state index contributed by atoms with van der Waals surface area (Å²) in [6, 6.07) is 3.42. The fourth-order valence-corrected chi connectivity index (χ4v) is 1.67. The van der Waals surface area contributed by atoms with Crippen LogP contribution in [0.3, 0.4) is 0 Å². The lowest BCUT2D eigenvalue weighted by Crippen LogP contribution is -2.03. The van der Waals surface area contributed by atoms with Crippen LogP contribution in [-0.2, 0) is 6.54 Å². The number of H-pyrrole nitrogens is 1. The highest BCUT2D eigenvalue weighted by Crippen LogP contribution is 2.18. The average Bonchev–Trinajstić information content (AvgIpc) is 2.61. The van der Waals surface area contributed by atoms with Gasteiger partial charge in [0.15, 0.2) is 0 Å². The van der Waals surface area contributed by atoms with Crippen molar-refractivity contribution >= 4 is 5.69 Å². The first-order valence-electron chi connectivity index (χ1n) is 5.27. The summed E-state index contributed by atoms with van der Waals surface area (Å²) >= 11 is 0. The first kappa shape index (κ1) is 11.6. The number of hydrogen-bond acceptors (Lipinski definition) is 2. The maximum atomic E-state index is 13.4. The van der Waals surface area contributed by atoms with E-state index in [9.17, 15) is 8.78 Å². The molecule has 1 aromatic carbocycles. The molecule has 1 aromatic heterocycles. The van der Waals surface area contributed by atoms with E-state index in [2.05, 4.69) is 15.5 Å². The van der Waals surface area contributed by atoms with E-state index in [0.717, 1.165) is 29.2 Å². The lowest BCUT2D eigenvalue weighted by molar-refractivity contribution is 0.587. The largest absolute Gasteiger partial charge is 0.378 e. The van der Waals surface area contributed by atoms with E-state index < -0.39 is 11.6 Å². The van der Waals surface area contributed by atoms with Crippen molar-refractivity contribution < 1.29 is 8.78 Å². The van der Waals surface area contributed by atoms with Gasteiger partial charge in [0.2, 0.25) is 0 Å². The standard InChI is InChI=1S/C12H13F2N3/c1-7-12(8(2)17-16-7)15-6-9-5-10(13)3-4-11(9)14/h3-5,15H,6H2,1-2H3,(H,16,17). The summed E-state index contributed by atoms with van der Waals surface area (Å²) < 4.78 is 26.3. The van der Waals surface area contributed by atoms with Gasteiger partial charge in [0.05, 0.1) is 17.1 Å². The van der Waals surface area contributed by atoms with Crippen molar-refractivity contribution in [2.45, 2.75) is 20.4 Å². The van der Waals surface area contributed by atoms with E-state index in [1.54, 1.807) is 0 Å². The molecular formula is C12H13F2N3. The Hall–Kier alpha value is -1.91. The molecule has 0 saturated carbocycles. The van der Waals surface area contributed by atoms with Gasteiger partial charge in [-0.25, -0.2) is 8.78 Å². The van der Waals surface area contributed by atoms with E-state index in [1.807, 2.05) is 13.8 Å². The van der Waals surface area contributed by atoms with Crippen LogP contribution in [-0.4, -0.2) is 10.2 Å². The van der Waals surface area contributed by atoms with Gasteiger partial charge in [-0.05, 0) is 32.0 Å². The molecule has 1 heterocycles. The molecule has 0 radical (unpaired) electrons. The molecule has 17 heavy (non-hydrogen) atoms. The summed E-state index contributed by atoms with van der Waals surface area (Å²) in [6.07, 6.45) is 0. The molecule has 2 aromatic rings. The van der Waals surface area contributed by atoms with Gasteiger partial charge in [0, 0.05) is 12.1 Å². The van der Waals surface area contributed by atoms with Crippen LogP contribution < -0.4 is 5.32 Å². The Kier molecular flexibility index (Phi) is 3.08. The number of aromatic amines is 1. The quantitative estimate of drug-likeness (QED) is 0.861. The molecule has 0 unspecified atom stereocenters. The Labute approximate surface area is 97.9 Å².